The van der Waals surface area contributed by atoms with Gasteiger partial charge in [-0.1, -0.05) is 17.7 Å². The van der Waals surface area contributed by atoms with E-state index in [4.69, 9.17) is 11.6 Å². The highest BCUT2D eigenvalue weighted by atomic mass is 35.5. The lowest BCUT2D eigenvalue weighted by Gasteiger charge is -1.99. The van der Waals surface area contributed by atoms with Gasteiger partial charge in [0.05, 0.1) is 5.75 Å². The van der Waals surface area contributed by atoms with Gasteiger partial charge in [-0.05, 0) is 13.0 Å². The van der Waals surface area contributed by atoms with Crippen LogP contribution in [0.1, 0.15) is 6.42 Å². The van der Waals surface area contributed by atoms with Crippen LogP contribution in [-0.4, -0.2) is 33.5 Å². The van der Waals surface area contributed by atoms with Gasteiger partial charge in [-0.25, -0.2) is 8.42 Å². The third-order valence-electron chi connectivity index (χ3n) is 1.22. The van der Waals surface area contributed by atoms with Crippen molar-refractivity contribution in [2.24, 2.45) is 0 Å². The molecule has 0 amide bonds. The zero-order valence-corrected chi connectivity index (χ0v) is 8.66. The molecule has 0 aromatic heterocycles. The Labute approximate surface area is 78.7 Å². The molecule has 0 saturated carbocycles. The first kappa shape index (κ1) is 11.9. The van der Waals surface area contributed by atoms with Gasteiger partial charge in [-0.3, -0.25) is 0 Å². The molecule has 1 N–H and O–H groups in total. The van der Waals surface area contributed by atoms with Crippen LogP contribution in [0.15, 0.2) is 11.6 Å². The zero-order chi connectivity index (χ0) is 9.45. The maximum atomic E-state index is 10.7. The molecule has 0 bridgehead atoms. The number of halogens is 1. The molecular weight excluding hydrogens is 198 g/mol. The Hall–Kier alpha value is -0.0600. The lowest BCUT2D eigenvalue weighted by molar-refractivity contribution is 0.596. The van der Waals surface area contributed by atoms with Crippen molar-refractivity contribution in [1.29, 1.82) is 0 Å². The summed E-state index contributed by atoms with van der Waals surface area (Å²) in [5, 5.41) is 3.02. The second-order valence-corrected chi connectivity index (χ2v) is 5.06. The molecule has 0 spiro atoms. The standard InChI is InChI=1S/C7H14ClNO2S/c1-12(10,11)7-3-6-9-5-2-4-8/h2,4,9H,3,5-7H2,1H3/b4-2+. The molecule has 12 heavy (non-hydrogen) atoms. The molecule has 0 aliphatic rings. The van der Waals surface area contributed by atoms with Crippen molar-refractivity contribution in [3.63, 3.8) is 0 Å². The van der Waals surface area contributed by atoms with E-state index in [9.17, 15) is 8.42 Å². The summed E-state index contributed by atoms with van der Waals surface area (Å²) in [5.41, 5.74) is 1.43. The third-order valence-corrected chi connectivity index (χ3v) is 2.43. The molecule has 0 radical (unpaired) electrons. The van der Waals surface area contributed by atoms with Gasteiger partial charge in [0.25, 0.3) is 0 Å². The summed E-state index contributed by atoms with van der Waals surface area (Å²) < 4.78 is 21.3. The maximum Gasteiger partial charge on any atom is 0.147 e. The van der Waals surface area contributed by atoms with Gasteiger partial charge < -0.3 is 5.32 Å². The molecule has 5 heteroatoms. The topological polar surface area (TPSA) is 46.2 Å². The lowest BCUT2D eigenvalue weighted by atomic mass is 10.5. The Kier molecular flexibility index (Phi) is 6.42. The monoisotopic (exact) mass is 211 g/mol. The van der Waals surface area contributed by atoms with E-state index in [0.29, 0.717) is 19.5 Å². The van der Waals surface area contributed by atoms with Crippen LogP contribution in [0.5, 0.6) is 0 Å². The highest BCUT2D eigenvalue weighted by Gasteiger charge is 1.99. The van der Waals surface area contributed by atoms with Crippen LogP contribution in [0.3, 0.4) is 0 Å². The minimum absolute atomic E-state index is 0.241. The maximum absolute atomic E-state index is 10.7. The molecular formula is C7H14ClNO2S. The van der Waals surface area contributed by atoms with E-state index in [1.54, 1.807) is 6.08 Å². The molecule has 0 atom stereocenters. The molecule has 0 fully saturated rings. The van der Waals surface area contributed by atoms with Crippen LogP contribution < -0.4 is 5.32 Å². The molecule has 0 heterocycles. The summed E-state index contributed by atoms with van der Waals surface area (Å²) in [5.74, 6) is 0.241. The van der Waals surface area contributed by atoms with E-state index < -0.39 is 9.84 Å². The fourth-order valence-corrected chi connectivity index (χ4v) is 1.45. The first-order chi connectivity index (χ1) is 5.56. The molecule has 3 nitrogen and oxygen atoms in total. The van der Waals surface area contributed by atoms with Crippen molar-refractivity contribution in [2.45, 2.75) is 6.42 Å². The van der Waals surface area contributed by atoms with Crippen LogP contribution in [0, 0.1) is 0 Å². The molecule has 0 aliphatic carbocycles. The molecule has 0 rings (SSSR count). The van der Waals surface area contributed by atoms with Crippen molar-refractivity contribution in [1.82, 2.24) is 5.32 Å². The van der Waals surface area contributed by atoms with E-state index >= 15 is 0 Å². The smallest absolute Gasteiger partial charge is 0.147 e. The van der Waals surface area contributed by atoms with E-state index in [2.05, 4.69) is 5.32 Å². The van der Waals surface area contributed by atoms with Crippen LogP contribution in [0.25, 0.3) is 0 Å². The van der Waals surface area contributed by atoms with Gasteiger partial charge in [-0.15, -0.1) is 0 Å². The number of sulfone groups is 1. The van der Waals surface area contributed by atoms with E-state index in [0.717, 1.165) is 0 Å². The van der Waals surface area contributed by atoms with Crippen LogP contribution >= 0.6 is 11.6 Å². The molecule has 0 saturated heterocycles. The minimum Gasteiger partial charge on any atom is -0.313 e. The van der Waals surface area contributed by atoms with Crippen molar-refractivity contribution in [2.75, 3.05) is 25.1 Å². The van der Waals surface area contributed by atoms with E-state index in [1.165, 1.54) is 11.8 Å². The van der Waals surface area contributed by atoms with Crippen molar-refractivity contribution in [3.05, 3.63) is 11.6 Å². The van der Waals surface area contributed by atoms with Crippen LogP contribution in [0.4, 0.5) is 0 Å². The molecule has 0 aromatic rings. The fourth-order valence-electron chi connectivity index (χ4n) is 0.689. The fraction of sp³-hybridized carbons (Fsp3) is 0.714. The molecule has 0 unspecified atom stereocenters. The Morgan fingerprint density at radius 1 is 1.50 bits per heavy atom. The summed E-state index contributed by atoms with van der Waals surface area (Å²) >= 11 is 5.27. The van der Waals surface area contributed by atoms with E-state index in [1.807, 2.05) is 0 Å². The number of nitrogens with one attached hydrogen (secondary N) is 1. The lowest BCUT2D eigenvalue weighted by Crippen LogP contribution is -2.18. The summed E-state index contributed by atoms with van der Waals surface area (Å²) in [6.07, 6.45) is 3.66. The number of hydrogen-bond acceptors (Lipinski definition) is 3. The predicted molar refractivity (Wildman–Crippen MR) is 52.2 cm³/mol. The van der Waals surface area contributed by atoms with Gasteiger partial charge in [0.2, 0.25) is 0 Å². The van der Waals surface area contributed by atoms with Crippen molar-refractivity contribution >= 4 is 21.4 Å². The van der Waals surface area contributed by atoms with Gasteiger partial charge >= 0.3 is 0 Å². The average molecular weight is 212 g/mol. The Balaban J connectivity index is 3.23. The Morgan fingerprint density at radius 2 is 2.17 bits per heavy atom. The first-order valence-corrected chi connectivity index (χ1v) is 6.19. The summed E-state index contributed by atoms with van der Waals surface area (Å²) in [4.78, 5) is 0. The second kappa shape index (κ2) is 6.46. The zero-order valence-electron chi connectivity index (χ0n) is 7.09. The molecule has 72 valence electrons. The van der Waals surface area contributed by atoms with Gasteiger partial charge in [-0.2, -0.15) is 0 Å². The number of hydrogen-bond donors (Lipinski definition) is 1. The summed E-state index contributed by atoms with van der Waals surface area (Å²) in [6.45, 7) is 1.39. The minimum atomic E-state index is -2.80. The SMILES string of the molecule is CS(=O)(=O)CCCNC/C=C/Cl. The van der Waals surface area contributed by atoms with Gasteiger partial charge in [0.15, 0.2) is 0 Å². The highest BCUT2D eigenvalue weighted by molar-refractivity contribution is 7.90. The van der Waals surface area contributed by atoms with Crippen molar-refractivity contribution in [3.8, 4) is 0 Å². The van der Waals surface area contributed by atoms with Crippen molar-refractivity contribution < 1.29 is 8.42 Å². The summed E-state index contributed by atoms with van der Waals surface area (Å²) in [6, 6.07) is 0. The predicted octanol–water partition coefficient (Wildman–Crippen LogP) is 0.763. The first-order valence-electron chi connectivity index (χ1n) is 3.70. The van der Waals surface area contributed by atoms with Crippen LogP contribution in [-0.2, 0) is 9.84 Å². The largest absolute Gasteiger partial charge is 0.313 e. The Bertz CT molecular complexity index is 224. The molecule has 0 aliphatic heterocycles. The average Bonchev–Trinajstić information content (AvgIpc) is 1.94. The van der Waals surface area contributed by atoms with Crippen LogP contribution in [0.2, 0.25) is 0 Å². The van der Waals surface area contributed by atoms with Gasteiger partial charge in [0.1, 0.15) is 9.84 Å². The second-order valence-electron chi connectivity index (χ2n) is 2.55. The van der Waals surface area contributed by atoms with E-state index in [-0.39, 0.29) is 5.75 Å². The summed E-state index contributed by atoms with van der Waals surface area (Å²) in [7, 11) is -2.80. The normalized spacial score (nSPS) is 12.5. The highest BCUT2D eigenvalue weighted by Crippen LogP contribution is 1.86. The number of rotatable bonds is 6. The van der Waals surface area contributed by atoms with Gasteiger partial charge in [0, 0.05) is 18.3 Å². The Morgan fingerprint density at radius 3 is 2.67 bits per heavy atom. The quantitative estimate of drug-likeness (QED) is 0.660. The molecule has 0 aromatic carbocycles. The third kappa shape index (κ3) is 9.94.